The molecule has 0 aliphatic rings. The van der Waals surface area contributed by atoms with E-state index in [-0.39, 0.29) is 12.5 Å². The molecule has 2 aromatic heterocycles. The number of unbranched alkanes of at least 4 members (excludes halogenated alkanes) is 1. The molecule has 0 aliphatic carbocycles. The van der Waals surface area contributed by atoms with E-state index < -0.39 is 18.1 Å². The molecule has 3 aromatic rings. The Balaban J connectivity index is 1.53. The molecule has 0 unspecified atom stereocenters. The molecule has 180 valence electrons. The number of amides is 2. The predicted octanol–water partition coefficient (Wildman–Crippen LogP) is 5.09. The summed E-state index contributed by atoms with van der Waals surface area (Å²) in [5.74, 6) is -0.641. The lowest BCUT2D eigenvalue weighted by Crippen LogP contribution is -2.45. The molecule has 1 N–H and O–H groups in total. The quantitative estimate of drug-likeness (QED) is 0.277. The van der Waals surface area contributed by atoms with E-state index in [1.165, 1.54) is 29.8 Å². The lowest BCUT2D eigenvalue weighted by atomic mass is 10.1. The molecule has 0 bridgehead atoms. The Hall–Kier alpha value is -3.17. The third-order valence-electron chi connectivity index (χ3n) is 5.14. The van der Waals surface area contributed by atoms with Crippen LogP contribution in [0.25, 0.3) is 0 Å². The molecule has 0 saturated heterocycles. The van der Waals surface area contributed by atoms with Gasteiger partial charge in [0.05, 0.1) is 18.5 Å². The fraction of sp³-hybridized carbons (Fsp3) is 0.320. The summed E-state index contributed by atoms with van der Waals surface area (Å²) < 4.78 is 10.2. The molecule has 0 saturated carbocycles. The number of alkyl carbamates (subject to hydrolysis) is 1. The number of thiophene rings is 2. The van der Waals surface area contributed by atoms with Crippen molar-refractivity contribution in [2.24, 2.45) is 0 Å². The number of esters is 1. The first-order valence-electron chi connectivity index (χ1n) is 11.0. The van der Waals surface area contributed by atoms with Crippen LogP contribution in [-0.4, -0.2) is 42.6 Å². The molecule has 2 heterocycles. The van der Waals surface area contributed by atoms with Crippen molar-refractivity contribution in [2.45, 2.75) is 38.5 Å². The van der Waals surface area contributed by atoms with Gasteiger partial charge in [0.15, 0.2) is 0 Å². The average Bonchev–Trinajstić information content (AvgIpc) is 3.58. The predicted molar refractivity (Wildman–Crippen MR) is 133 cm³/mol. The number of nitrogens with zero attached hydrogens (tertiary/aromatic N) is 1. The Kier molecular flexibility index (Phi) is 10.1. The van der Waals surface area contributed by atoms with Crippen molar-refractivity contribution in [3.63, 3.8) is 0 Å². The molecule has 7 nitrogen and oxygen atoms in total. The van der Waals surface area contributed by atoms with Crippen molar-refractivity contribution < 1.29 is 23.9 Å². The lowest BCUT2D eigenvalue weighted by Gasteiger charge is -2.29. The number of rotatable bonds is 12. The minimum atomic E-state index is -0.716. The molecular formula is C25H28N2O5S2. The number of benzene rings is 1. The Bertz CT molecular complexity index is 1020. The number of carbonyl (C=O) groups is 3. The highest BCUT2D eigenvalue weighted by molar-refractivity contribution is 7.12. The van der Waals surface area contributed by atoms with Crippen LogP contribution in [-0.2, 0) is 27.4 Å². The van der Waals surface area contributed by atoms with Gasteiger partial charge in [0.1, 0.15) is 12.6 Å². The zero-order chi connectivity index (χ0) is 24.2. The number of nitrogens with one attached hydrogen (secondary N) is 1. The van der Waals surface area contributed by atoms with E-state index in [2.05, 4.69) is 5.32 Å². The first kappa shape index (κ1) is 25.5. The first-order chi connectivity index (χ1) is 16.6. The maximum absolute atomic E-state index is 13.2. The van der Waals surface area contributed by atoms with Gasteiger partial charge in [-0.1, -0.05) is 42.5 Å². The highest BCUT2D eigenvalue weighted by Gasteiger charge is 2.31. The van der Waals surface area contributed by atoms with E-state index >= 15 is 0 Å². The number of methoxy groups -OCH3 is 1. The Morgan fingerprint density at radius 2 is 1.74 bits per heavy atom. The van der Waals surface area contributed by atoms with Gasteiger partial charge in [0, 0.05) is 11.4 Å². The highest BCUT2D eigenvalue weighted by atomic mass is 32.1. The second-order valence-electron chi connectivity index (χ2n) is 7.51. The average molecular weight is 501 g/mol. The van der Waals surface area contributed by atoms with Crippen molar-refractivity contribution in [1.29, 1.82) is 0 Å². The Labute approximate surface area is 207 Å². The molecule has 1 aromatic carbocycles. The van der Waals surface area contributed by atoms with E-state index in [1.807, 2.05) is 59.3 Å². The van der Waals surface area contributed by atoms with E-state index in [4.69, 9.17) is 9.47 Å². The maximum atomic E-state index is 13.2. The van der Waals surface area contributed by atoms with Crippen molar-refractivity contribution in [3.05, 3.63) is 80.7 Å². The van der Waals surface area contributed by atoms with Crippen LogP contribution in [0.4, 0.5) is 4.79 Å². The van der Waals surface area contributed by atoms with Crippen LogP contribution in [0.1, 0.15) is 39.4 Å². The smallest absolute Gasteiger partial charge is 0.407 e. The zero-order valence-corrected chi connectivity index (χ0v) is 20.6. The number of carbonyl (C=O) groups excluding carboxylic acids is 3. The zero-order valence-electron chi connectivity index (χ0n) is 19.0. The fourth-order valence-corrected chi connectivity index (χ4v) is 4.78. The standard InChI is InChI=1S/C25H28N2O5S2/c1-31-24(29)21(12-5-6-14-26-25(30)32-18-19-9-3-2-4-10-19)27(17-20-11-7-15-33-20)23(28)22-13-8-16-34-22/h2-4,7-11,13,15-16,21H,5-6,12,14,17-18H2,1H3,(H,26,30)/t21-/m0/s1. The monoisotopic (exact) mass is 500 g/mol. The summed E-state index contributed by atoms with van der Waals surface area (Å²) in [6.07, 6.45) is 1.20. The summed E-state index contributed by atoms with van der Waals surface area (Å²) >= 11 is 2.88. The van der Waals surface area contributed by atoms with Crippen LogP contribution in [0.3, 0.4) is 0 Å². The van der Waals surface area contributed by atoms with Crippen molar-refractivity contribution in [2.75, 3.05) is 13.7 Å². The molecule has 0 fully saturated rings. The summed E-state index contributed by atoms with van der Waals surface area (Å²) in [4.78, 5) is 40.9. The van der Waals surface area contributed by atoms with E-state index in [0.717, 1.165) is 10.4 Å². The summed E-state index contributed by atoms with van der Waals surface area (Å²) in [5, 5.41) is 6.51. The Morgan fingerprint density at radius 1 is 0.971 bits per heavy atom. The largest absolute Gasteiger partial charge is 0.467 e. The van der Waals surface area contributed by atoms with Gasteiger partial charge >= 0.3 is 12.1 Å². The van der Waals surface area contributed by atoms with Gasteiger partial charge in [-0.2, -0.15) is 0 Å². The first-order valence-corrected chi connectivity index (χ1v) is 12.7. The number of hydrogen-bond acceptors (Lipinski definition) is 7. The highest BCUT2D eigenvalue weighted by Crippen LogP contribution is 2.22. The van der Waals surface area contributed by atoms with Crippen molar-refractivity contribution in [1.82, 2.24) is 10.2 Å². The normalized spacial score (nSPS) is 11.4. The topological polar surface area (TPSA) is 84.9 Å². The van der Waals surface area contributed by atoms with Gasteiger partial charge in [-0.25, -0.2) is 9.59 Å². The van der Waals surface area contributed by atoms with E-state index in [1.54, 1.807) is 11.0 Å². The third kappa shape index (κ3) is 7.71. The van der Waals surface area contributed by atoms with Crippen LogP contribution in [0.2, 0.25) is 0 Å². The van der Waals surface area contributed by atoms with E-state index in [9.17, 15) is 14.4 Å². The SMILES string of the molecule is COC(=O)[C@H](CCCCNC(=O)OCc1ccccc1)N(Cc1cccs1)C(=O)c1cccs1. The second-order valence-corrected chi connectivity index (χ2v) is 9.49. The summed E-state index contributed by atoms with van der Waals surface area (Å²) in [5.41, 5.74) is 0.916. The van der Waals surface area contributed by atoms with Crippen LogP contribution in [0.15, 0.2) is 65.4 Å². The summed E-state index contributed by atoms with van der Waals surface area (Å²) in [6, 6.07) is 16.2. The third-order valence-corrected chi connectivity index (χ3v) is 6.85. The van der Waals surface area contributed by atoms with Crippen molar-refractivity contribution in [3.8, 4) is 0 Å². The number of hydrogen-bond donors (Lipinski definition) is 1. The fourth-order valence-electron chi connectivity index (χ4n) is 3.40. The molecular weight excluding hydrogens is 472 g/mol. The lowest BCUT2D eigenvalue weighted by molar-refractivity contribution is -0.146. The summed E-state index contributed by atoms with van der Waals surface area (Å²) in [6.45, 7) is 0.948. The molecule has 9 heteroatoms. The van der Waals surface area contributed by atoms with Gasteiger partial charge in [-0.05, 0) is 47.7 Å². The van der Waals surface area contributed by atoms with Gasteiger partial charge in [-0.3, -0.25) is 4.79 Å². The van der Waals surface area contributed by atoms with Gasteiger partial charge in [-0.15, -0.1) is 22.7 Å². The van der Waals surface area contributed by atoms with Crippen molar-refractivity contribution >= 4 is 40.6 Å². The van der Waals surface area contributed by atoms with Crippen LogP contribution in [0.5, 0.6) is 0 Å². The second kappa shape index (κ2) is 13.5. The van der Waals surface area contributed by atoms with Crippen LogP contribution >= 0.6 is 22.7 Å². The van der Waals surface area contributed by atoms with E-state index in [0.29, 0.717) is 37.2 Å². The molecule has 3 rings (SSSR count). The van der Waals surface area contributed by atoms with Gasteiger partial charge in [0.25, 0.3) is 5.91 Å². The minimum Gasteiger partial charge on any atom is -0.467 e. The summed E-state index contributed by atoms with van der Waals surface area (Å²) in [7, 11) is 1.33. The van der Waals surface area contributed by atoms with Crippen LogP contribution < -0.4 is 5.32 Å². The molecule has 0 spiro atoms. The minimum absolute atomic E-state index is 0.193. The number of ether oxygens (including phenoxy) is 2. The molecule has 1 atom stereocenters. The van der Waals surface area contributed by atoms with Gasteiger partial charge in [0.2, 0.25) is 0 Å². The molecule has 0 aliphatic heterocycles. The van der Waals surface area contributed by atoms with Gasteiger partial charge < -0.3 is 19.7 Å². The molecule has 0 radical (unpaired) electrons. The Morgan fingerprint density at radius 3 is 2.41 bits per heavy atom. The van der Waals surface area contributed by atoms with Crippen LogP contribution in [0, 0.1) is 0 Å². The maximum Gasteiger partial charge on any atom is 0.407 e. The molecule has 2 amide bonds. The molecule has 34 heavy (non-hydrogen) atoms.